The van der Waals surface area contributed by atoms with E-state index in [1.807, 2.05) is 18.2 Å². The van der Waals surface area contributed by atoms with Gasteiger partial charge in [-0.15, -0.1) is 0 Å². The van der Waals surface area contributed by atoms with Gasteiger partial charge in [-0.05, 0) is 0 Å². The first-order valence-corrected chi connectivity index (χ1v) is 6.21. The number of hydrogen-bond acceptors (Lipinski definition) is 5. The molecule has 1 rings (SSSR count). The van der Waals surface area contributed by atoms with Crippen molar-refractivity contribution in [3.63, 3.8) is 0 Å². The minimum Gasteiger partial charge on any atom is -0.497 e. The lowest BCUT2D eigenvalue weighted by Crippen LogP contribution is -2.30. The smallest absolute Gasteiger partial charge is 0.124 e. The topological polar surface area (TPSA) is 40.2 Å². The molecule has 0 heterocycles. The van der Waals surface area contributed by atoms with E-state index >= 15 is 0 Å². The van der Waals surface area contributed by atoms with E-state index in [0.29, 0.717) is 13.2 Å². The highest BCUT2D eigenvalue weighted by molar-refractivity contribution is 5.55. The Labute approximate surface area is 115 Å². The Morgan fingerprint density at radius 1 is 0.789 bits per heavy atom. The Hall–Kier alpha value is -1.46. The minimum atomic E-state index is 0.656. The number of benzene rings is 1. The molecule has 0 saturated heterocycles. The number of methoxy groups -OCH3 is 4. The van der Waals surface area contributed by atoms with Gasteiger partial charge in [-0.25, -0.2) is 0 Å². The van der Waals surface area contributed by atoms with Crippen LogP contribution in [0.1, 0.15) is 0 Å². The van der Waals surface area contributed by atoms with Crippen molar-refractivity contribution in [2.24, 2.45) is 0 Å². The maximum absolute atomic E-state index is 5.29. The molecule has 1 aromatic rings. The summed E-state index contributed by atoms with van der Waals surface area (Å²) in [6.07, 6.45) is 0. The molecule has 19 heavy (non-hydrogen) atoms. The van der Waals surface area contributed by atoms with Gasteiger partial charge in [0.2, 0.25) is 0 Å². The standard InChI is InChI=1S/C14H23NO4/c1-16-7-5-15(6-8-17-2)12-9-13(18-3)11-14(10-12)19-4/h9-11H,5-8H2,1-4H3. The van der Waals surface area contributed by atoms with Gasteiger partial charge in [-0.1, -0.05) is 0 Å². The van der Waals surface area contributed by atoms with Crippen LogP contribution in [-0.4, -0.2) is 54.7 Å². The first kappa shape index (κ1) is 15.6. The monoisotopic (exact) mass is 269 g/mol. The van der Waals surface area contributed by atoms with E-state index < -0.39 is 0 Å². The Morgan fingerprint density at radius 3 is 1.63 bits per heavy atom. The lowest BCUT2D eigenvalue weighted by molar-refractivity contribution is 0.190. The van der Waals surface area contributed by atoms with Crippen LogP contribution in [0, 0.1) is 0 Å². The molecule has 1 aromatic carbocycles. The van der Waals surface area contributed by atoms with Crippen LogP contribution >= 0.6 is 0 Å². The molecule has 0 unspecified atom stereocenters. The highest BCUT2D eigenvalue weighted by Gasteiger charge is 2.09. The molecule has 0 aliphatic heterocycles. The van der Waals surface area contributed by atoms with Crippen LogP contribution < -0.4 is 14.4 Å². The Bertz CT molecular complexity index is 340. The third-order valence-corrected chi connectivity index (χ3v) is 2.83. The lowest BCUT2D eigenvalue weighted by Gasteiger charge is -2.25. The molecule has 0 aliphatic carbocycles. The summed E-state index contributed by atoms with van der Waals surface area (Å²) < 4.78 is 20.9. The number of ether oxygens (including phenoxy) is 4. The van der Waals surface area contributed by atoms with Crippen molar-refractivity contribution in [2.75, 3.05) is 59.6 Å². The molecule has 5 heteroatoms. The van der Waals surface area contributed by atoms with Crippen molar-refractivity contribution in [1.29, 1.82) is 0 Å². The van der Waals surface area contributed by atoms with Gasteiger partial charge in [-0.3, -0.25) is 0 Å². The zero-order valence-electron chi connectivity index (χ0n) is 12.1. The van der Waals surface area contributed by atoms with Gasteiger partial charge >= 0.3 is 0 Å². The maximum Gasteiger partial charge on any atom is 0.124 e. The predicted molar refractivity (Wildman–Crippen MR) is 75.5 cm³/mol. The molecule has 0 radical (unpaired) electrons. The van der Waals surface area contributed by atoms with Crippen molar-refractivity contribution >= 4 is 5.69 Å². The summed E-state index contributed by atoms with van der Waals surface area (Å²) in [4.78, 5) is 2.18. The third kappa shape index (κ3) is 4.96. The van der Waals surface area contributed by atoms with E-state index in [4.69, 9.17) is 18.9 Å². The summed E-state index contributed by atoms with van der Waals surface area (Å²) in [5.41, 5.74) is 1.03. The zero-order chi connectivity index (χ0) is 14.1. The van der Waals surface area contributed by atoms with E-state index in [1.54, 1.807) is 28.4 Å². The Kier molecular flexibility index (Phi) is 7.07. The zero-order valence-corrected chi connectivity index (χ0v) is 12.1. The summed E-state index contributed by atoms with van der Waals surface area (Å²) in [6, 6.07) is 5.82. The molecule has 0 spiro atoms. The van der Waals surface area contributed by atoms with Crippen LogP contribution in [0.2, 0.25) is 0 Å². The molecule has 0 atom stereocenters. The van der Waals surface area contributed by atoms with E-state index in [-0.39, 0.29) is 0 Å². The number of hydrogen-bond donors (Lipinski definition) is 0. The van der Waals surface area contributed by atoms with Crippen molar-refractivity contribution in [1.82, 2.24) is 0 Å². The first-order valence-electron chi connectivity index (χ1n) is 6.21. The molecule has 5 nitrogen and oxygen atoms in total. The summed E-state index contributed by atoms with van der Waals surface area (Å²) in [5.74, 6) is 1.54. The average molecular weight is 269 g/mol. The molecular formula is C14H23NO4. The largest absolute Gasteiger partial charge is 0.497 e. The van der Waals surface area contributed by atoms with Gasteiger partial charge in [0.15, 0.2) is 0 Å². The van der Waals surface area contributed by atoms with Crippen molar-refractivity contribution < 1.29 is 18.9 Å². The molecule has 0 amide bonds. The van der Waals surface area contributed by atoms with Gasteiger partial charge < -0.3 is 23.8 Å². The number of nitrogens with zero attached hydrogens (tertiary/aromatic N) is 1. The summed E-state index contributed by atoms with van der Waals surface area (Å²) in [6.45, 7) is 2.89. The van der Waals surface area contributed by atoms with Crippen LogP contribution in [0.5, 0.6) is 11.5 Å². The van der Waals surface area contributed by atoms with E-state index in [1.165, 1.54) is 0 Å². The summed E-state index contributed by atoms with van der Waals surface area (Å²) >= 11 is 0. The molecule has 0 aliphatic rings. The van der Waals surface area contributed by atoms with E-state index in [0.717, 1.165) is 30.3 Å². The average Bonchev–Trinajstić information content (AvgIpc) is 2.46. The molecule has 0 saturated carbocycles. The Balaban J connectivity index is 2.91. The molecule has 108 valence electrons. The fourth-order valence-corrected chi connectivity index (χ4v) is 1.75. The van der Waals surface area contributed by atoms with Crippen molar-refractivity contribution in [3.8, 4) is 11.5 Å². The molecule has 0 bridgehead atoms. The number of anilines is 1. The maximum atomic E-state index is 5.29. The van der Waals surface area contributed by atoms with Gasteiger partial charge in [0.05, 0.1) is 27.4 Å². The second-order valence-electron chi connectivity index (χ2n) is 4.04. The first-order chi connectivity index (χ1) is 9.24. The molecule has 0 fully saturated rings. The van der Waals surface area contributed by atoms with Crippen molar-refractivity contribution in [3.05, 3.63) is 18.2 Å². The van der Waals surface area contributed by atoms with Crippen LogP contribution in [0.15, 0.2) is 18.2 Å². The molecule has 0 aromatic heterocycles. The third-order valence-electron chi connectivity index (χ3n) is 2.83. The van der Waals surface area contributed by atoms with Crippen LogP contribution in [-0.2, 0) is 9.47 Å². The fraction of sp³-hybridized carbons (Fsp3) is 0.571. The van der Waals surface area contributed by atoms with E-state index in [2.05, 4.69) is 4.90 Å². The van der Waals surface area contributed by atoms with Crippen molar-refractivity contribution in [2.45, 2.75) is 0 Å². The van der Waals surface area contributed by atoms with Crippen LogP contribution in [0.25, 0.3) is 0 Å². The SMILES string of the molecule is COCCN(CCOC)c1cc(OC)cc(OC)c1. The second-order valence-corrected chi connectivity index (χ2v) is 4.04. The summed E-state index contributed by atoms with van der Waals surface area (Å²) in [5, 5.41) is 0. The van der Waals surface area contributed by atoms with Gasteiger partial charge in [-0.2, -0.15) is 0 Å². The highest BCUT2D eigenvalue weighted by Crippen LogP contribution is 2.28. The second kappa shape index (κ2) is 8.61. The normalized spacial score (nSPS) is 10.3. The minimum absolute atomic E-state index is 0.656. The van der Waals surface area contributed by atoms with Gasteiger partial charge in [0, 0.05) is 51.2 Å². The Morgan fingerprint density at radius 2 is 1.26 bits per heavy atom. The van der Waals surface area contributed by atoms with Gasteiger partial charge in [0.25, 0.3) is 0 Å². The predicted octanol–water partition coefficient (Wildman–Crippen LogP) is 1.80. The van der Waals surface area contributed by atoms with Crippen LogP contribution in [0.4, 0.5) is 5.69 Å². The van der Waals surface area contributed by atoms with Crippen LogP contribution in [0.3, 0.4) is 0 Å². The lowest BCUT2D eigenvalue weighted by atomic mass is 10.2. The quantitative estimate of drug-likeness (QED) is 0.683. The van der Waals surface area contributed by atoms with E-state index in [9.17, 15) is 0 Å². The molecular weight excluding hydrogens is 246 g/mol. The van der Waals surface area contributed by atoms with Gasteiger partial charge in [0.1, 0.15) is 11.5 Å². The highest BCUT2D eigenvalue weighted by atomic mass is 16.5. The number of rotatable bonds is 9. The summed E-state index contributed by atoms with van der Waals surface area (Å²) in [7, 11) is 6.68. The fourth-order valence-electron chi connectivity index (χ4n) is 1.75. The molecule has 0 N–H and O–H groups in total.